The Kier molecular flexibility index (Phi) is 8.56. The predicted molar refractivity (Wildman–Crippen MR) is 176 cm³/mol. The van der Waals surface area contributed by atoms with Crippen LogP contribution in [0.25, 0.3) is 16.8 Å². The molecule has 0 spiro atoms. The van der Waals surface area contributed by atoms with Crippen LogP contribution >= 0.6 is 23.2 Å². The van der Waals surface area contributed by atoms with Gasteiger partial charge in [0.15, 0.2) is 0 Å². The summed E-state index contributed by atoms with van der Waals surface area (Å²) in [6, 6.07) is 30.0. The lowest BCUT2D eigenvalue weighted by Crippen LogP contribution is -2.54. The molecule has 0 aromatic heterocycles. The number of anilines is 1. The number of benzene rings is 5. The number of ether oxygens (including phenoxy) is 2. The van der Waals surface area contributed by atoms with Gasteiger partial charge in [-0.1, -0.05) is 89.4 Å². The van der Waals surface area contributed by atoms with E-state index in [0.29, 0.717) is 39.3 Å². The average Bonchev–Trinajstić information content (AvgIpc) is 3.03. The van der Waals surface area contributed by atoms with Crippen molar-refractivity contribution < 1.29 is 23.9 Å². The SMILES string of the molecule is Cc1ccc(COc2ccc(N3C(=O)NC(=O)/C(=C\c4c(OCc5ccc(Cl)cc5Cl)ccc5ccccc45)C3=O)cc2)cc1. The highest BCUT2D eigenvalue weighted by molar-refractivity contribution is 6.39. The van der Waals surface area contributed by atoms with Crippen molar-refractivity contribution in [3.63, 3.8) is 0 Å². The third-order valence-electron chi connectivity index (χ3n) is 7.34. The van der Waals surface area contributed by atoms with Gasteiger partial charge < -0.3 is 9.47 Å². The van der Waals surface area contributed by atoms with Crippen molar-refractivity contribution in [2.45, 2.75) is 20.1 Å². The lowest BCUT2D eigenvalue weighted by atomic mass is 9.99. The number of carbonyl (C=O) groups excluding carboxylic acids is 3. The van der Waals surface area contributed by atoms with E-state index >= 15 is 0 Å². The van der Waals surface area contributed by atoms with Crippen molar-refractivity contribution in [1.29, 1.82) is 0 Å². The summed E-state index contributed by atoms with van der Waals surface area (Å²) in [6.07, 6.45) is 1.46. The molecule has 4 amide bonds. The molecule has 0 atom stereocenters. The number of nitrogens with zero attached hydrogens (tertiary/aromatic N) is 1. The number of imide groups is 2. The van der Waals surface area contributed by atoms with E-state index in [2.05, 4.69) is 5.32 Å². The van der Waals surface area contributed by atoms with Crippen LogP contribution in [-0.2, 0) is 22.8 Å². The van der Waals surface area contributed by atoms with Crippen LogP contribution in [0, 0.1) is 6.92 Å². The van der Waals surface area contributed by atoms with Gasteiger partial charge in [-0.05, 0) is 71.8 Å². The Labute approximate surface area is 269 Å². The third-order valence-corrected chi connectivity index (χ3v) is 7.93. The van der Waals surface area contributed by atoms with Crippen LogP contribution in [0.5, 0.6) is 11.5 Å². The minimum absolute atomic E-state index is 0.119. The number of urea groups is 1. The Morgan fingerprint density at radius 2 is 1.56 bits per heavy atom. The standard InChI is InChI=1S/C36H26Cl2N2O5/c1-22-6-8-23(9-7-22)20-44-28-15-13-27(14-16-28)40-35(42)31(34(41)39-36(40)43)19-30-29-5-3-2-4-24(29)11-17-33(30)45-21-25-10-12-26(37)18-32(25)38/h2-19H,20-21H2,1H3,(H,39,41,43)/b31-19+. The van der Waals surface area contributed by atoms with E-state index in [4.69, 9.17) is 32.7 Å². The van der Waals surface area contributed by atoms with E-state index < -0.39 is 17.8 Å². The molecule has 1 aliphatic heterocycles. The lowest BCUT2D eigenvalue weighted by Gasteiger charge is -2.26. The van der Waals surface area contributed by atoms with Gasteiger partial charge in [-0.15, -0.1) is 0 Å². The maximum atomic E-state index is 13.8. The topological polar surface area (TPSA) is 84.9 Å². The Balaban J connectivity index is 1.29. The minimum atomic E-state index is -0.845. The van der Waals surface area contributed by atoms with Gasteiger partial charge in [0.1, 0.15) is 30.3 Å². The smallest absolute Gasteiger partial charge is 0.335 e. The van der Waals surface area contributed by atoms with Crippen LogP contribution in [0.1, 0.15) is 22.3 Å². The van der Waals surface area contributed by atoms with Gasteiger partial charge in [0.25, 0.3) is 11.8 Å². The summed E-state index contributed by atoms with van der Waals surface area (Å²) in [5, 5.41) is 4.87. The molecular formula is C36H26Cl2N2O5. The Morgan fingerprint density at radius 1 is 0.800 bits per heavy atom. The average molecular weight is 638 g/mol. The molecule has 5 aromatic carbocycles. The molecule has 45 heavy (non-hydrogen) atoms. The fourth-order valence-corrected chi connectivity index (χ4v) is 5.39. The second-order valence-corrected chi connectivity index (χ2v) is 11.3. The van der Waals surface area contributed by atoms with Gasteiger partial charge in [-0.3, -0.25) is 14.9 Å². The normalized spacial score (nSPS) is 14.2. The summed E-state index contributed by atoms with van der Waals surface area (Å²) < 4.78 is 12.0. The molecule has 0 saturated carbocycles. The second-order valence-electron chi connectivity index (χ2n) is 10.4. The predicted octanol–water partition coefficient (Wildman–Crippen LogP) is 8.28. The molecule has 1 aliphatic rings. The van der Waals surface area contributed by atoms with Gasteiger partial charge in [-0.25, -0.2) is 9.69 Å². The zero-order valence-corrected chi connectivity index (χ0v) is 25.6. The molecule has 1 fully saturated rings. The molecule has 0 bridgehead atoms. The summed E-state index contributed by atoms with van der Waals surface area (Å²) in [5.41, 5.74) is 3.45. The molecule has 7 nitrogen and oxygen atoms in total. The Hall–Kier alpha value is -5.11. The van der Waals surface area contributed by atoms with Crippen LogP contribution in [0.3, 0.4) is 0 Å². The summed E-state index contributed by atoms with van der Waals surface area (Å²) in [7, 11) is 0. The van der Waals surface area contributed by atoms with Gasteiger partial charge in [-0.2, -0.15) is 0 Å². The molecule has 0 aliphatic carbocycles. The molecule has 9 heteroatoms. The largest absolute Gasteiger partial charge is 0.489 e. The van der Waals surface area contributed by atoms with E-state index in [9.17, 15) is 14.4 Å². The Bertz CT molecular complexity index is 1970. The van der Waals surface area contributed by atoms with E-state index in [0.717, 1.165) is 26.8 Å². The number of nitrogens with one attached hydrogen (secondary N) is 1. The molecule has 0 unspecified atom stereocenters. The highest BCUT2D eigenvalue weighted by Gasteiger charge is 2.37. The van der Waals surface area contributed by atoms with E-state index in [1.54, 1.807) is 48.5 Å². The fraction of sp³-hybridized carbons (Fsp3) is 0.0833. The van der Waals surface area contributed by atoms with Crippen LogP contribution < -0.4 is 19.7 Å². The van der Waals surface area contributed by atoms with E-state index in [1.807, 2.05) is 61.5 Å². The number of halogens is 2. The van der Waals surface area contributed by atoms with Crippen molar-refractivity contribution in [1.82, 2.24) is 5.32 Å². The van der Waals surface area contributed by atoms with Crippen LogP contribution in [0.4, 0.5) is 10.5 Å². The first-order valence-electron chi connectivity index (χ1n) is 14.1. The van der Waals surface area contributed by atoms with Gasteiger partial charge in [0.05, 0.1) is 5.69 Å². The van der Waals surface area contributed by atoms with E-state index in [-0.39, 0.29) is 17.9 Å². The highest BCUT2D eigenvalue weighted by Crippen LogP contribution is 2.33. The van der Waals surface area contributed by atoms with Crippen molar-refractivity contribution >= 4 is 63.6 Å². The fourth-order valence-electron chi connectivity index (χ4n) is 4.92. The molecular weight excluding hydrogens is 611 g/mol. The summed E-state index contributed by atoms with van der Waals surface area (Å²) in [5.74, 6) is -0.587. The van der Waals surface area contributed by atoms with Crippen LogP contribution in [-0.4, -0.2) is 17.8 Å². The van der Waals surface area contributed by atoms with Gasteiger partial charge in [0, 0.05) is 21.2 Å². The quantitative estimate of drug-likeness (QED) is 0.137. The zero-order chi connectivity index (χ0) is 31.5. The second kappa shape index (κ2) is 12.9. The van der Waals surface area contributed by atoms with Gasteiger partial charge >= 0.3 is 6.03 Å². The summed E-state index contributed by atoms with van der Waals surface area (Å²) >= 11 is 12.4. The maximum absolute atomic E-state index is 13.8. The number of aryl methyl sites for hydroxylation is 1. The molecule has 1 heterocycles. The molecule has 0 radical (unpaired) electrons. The first-order valence-corrected chi connectivity index (χ1v) is 14.8. The summed E-state index contributed by atoms with van der Waals surface area (Å²) in [6.45, 7) is 2.50. The van der Waals surface area contributed by atoms with Crippen molar-refractivity contribution in [3.8, 4) is 11.5 Å². The number of hydrogen-bond donors (Lipinski definition) is 1. The lowest BCUT2D eigenvalue weighted by molar-refractivity contribution is -0.122. The van der Waals surface area contributed by atoms with E-state index in [1.165, 1.54) is 6.08 Å². The first-order chi connectivity index (χ1) is 21.8. The van der Waals surface area contributed by atoms with Gasteiger partial charge in [0.2, 0.25) is 0 Å². The number of fused-ring (bicyclic) bond motifs is 1. The first kappa shape index (κ1) is 29.9. The van der Waals surface area contributed by atoms with Crippen LogP contribution in [0.15, 0.2) is 109 Å². The Morgan fingerprint density at radius 3 is 2.31 bits per heavy atom. The number of barbiturate groups is 1. The number of hydrogen-bond acceptors (Lipinski definition) is 5. The van der Waals surface area contributed by atoms with Crippen LogP contribution in [0.2, 0.25) is 10.0 Å². The monoisotopic (exact) mass is 636 g/mol. The zero-order valence-electron chi connectivity index (χ0n) is 24.1. The molecule has 6 rings (SSSR count). The minimum Gasteiger partial charge on any atom is -0.489 e. The maximum Gasteiger partial charge on any atom is 0.335 e. The number of rotatable bonds is 8. The molecule has 1 N–H and O–H groups in total. The highest BCUT2D eigenvalue weighted by atomic mass is 35.5. The number of amides is 4. The molecule has 224 valence electrons. The molecule has 5 aromatic rings. The van der Waals surface area contributed by atoms with Crippen molar-refractivity contribution in [2.24, 2.45) is 0 Å². The van der Waals surface area contributed by atoms with Crippen molar-refractivity contribution in [3.05, 3.63) is 141 Å². The van der Waals surface area contributed by atoms with Crippen molar-refractivity contribution in [2.75, 3.05) is 4.90 Å². The molecule has 1 saturated heterocycles. The third kappa shape index (κ3) is 6.55. The summed E-state index contributed by atoms with van der Waals surface area (Å²) in [4.78, 5) is 40.6. The number of carbonyl (C=O) groups is 3.